The van der Waals surface area contributed by atoms with Crippen molar-refractivity contribution in [1.82, 2.24) is 0 Å². The zero-order chi connectivity index (χ0) is 24.2. The summed E-state index contributed by atoms with van der Waals surface area (Å²) in [5.74, 6) is 3.49. The zero-order valence-electron chi connectivity index (χ0n) is 21.9. The van der Waals surface area contributed by atoms with Crippen molar-refractivity contribution in [2.75, 3.05) is 0 Å². The molecule has 0 aromatic heterocycles. The molecule has 0 aliphatic heterocycles. The normalized spacial score (nSPS) is 42.4. The van der Waals surface area contributed by atoms with Gasteiger partial charge < -0.3 is 14.9 Å². The molecule has 0 aromatic rings. The molecule has 4 nitrogen and oxygen atoms in total. The van der Waals surface area contributed by atoms with Gasteiger partial charge in [-0.1, -0.05) is 32.4 Å². The number of ether oxygens (including phenoxy) is 1. The fraction of sp³-hybridized carbons (Fsp3) is 0.897. The Balaban J connectivity index is 1.46. The summed E-state index contributed by atoms with van der Waals surface area (Å²) in [7, 11) is 0. The number of aliphatic hydroxyl groups is 2. The topological polar surface area (TPSA) is 66.8 Å². The van der Waals surface area contributed by atoms with Crippen molar-refractivity contribution in [2.24, 2.45) is 40.4 Å². The molecule has 0 amide bonds. The lowest BCUT2D eigenvalue weighted by atomic mass is 9.47. The van der Waals surface area contributed by atoms with E-state index in [0.717, 1.165) is 49.4 Å². The molecule has 3 saturated carbocycles. The van der Waals surface area contributed by atoms with Crippen LogP contribution in [-0.2, 0) is 9.53 Å². The number of carbonyl (C=O) groups excluding carboxylic acids is 1. The number of allylic oxidation sites excluding steroid dienone is 1. The van der Waals surface area contributed by atoms with Crippen LogP contribution in [0.2, 0.25) is 0 Å². The van der Waals surface area contributed by atoms with Gasteiger partial charge in [0.05, 0.1) is 11.7 Å². The molecule has 0 heterocycles. The van der Waals surface area contributed by atoms with Gasteiger partial charge in [-0.15, -0.1) is 0 Å². The fourth-order valence-electron chi connectivity index (χ4n) is 8.91. The van der Waals surface area contributed by atoms with Gasteiger partial charge in [-0.25, -0.2) is 0 Å². The largest absolute Gasteiger partial charge is 0.462 e. The van der Waals surface area contributed by atoms with Crippen LogP contribution in [0.5, 0.6) is 0 Å². The second-order valence-corrected chi connectivity index (χ2v) is 13.2. The summed E-state index contributed by atoms with van der Waals surface area (Å²) in [4.78, 5) is 11.5. The molecule has 4 aliphatic carbocycles. The Labute approximate surface area is 201 Å². The number of hydrogen-bond donors (Lipinski definition) is 2. The molecule has 0 spiro atoms. The maximum Gasteiger partial charge on any atom is 0.302 e. The molecule has 3 fully saturated rings. The Bertz CT molecular complexity index is 766. The van der Waals surface area contributed by atoms with Crippen molar-refractivity contribution in [2.45, 2.75) is 124 Å². The molecule has 2 N–H and O–H groups in total. The fourth-order valence-corrected chi connectivity index (χ4v) is 8.91. The predicted octanol–water partition coefficient (Wildman–Crippen LogP) is 6.05. The minimum absolute atomic E-state index is 0.0724. The average molecular weight is 461 g/mol. The van der Waals surface area contributed by atoms with Crippen molar-refractivity contribution in [3.63, 3.8) is 0 Å². The minimum Gasteiger partial charge on any atom is -0.462 e. The van der Waals surface area contributed by atoms with Gasteiger partial charge in [0, 0.05) is 13.3 Å². The van der Waals surface area contributed by atoms with Gasteiger partial charge in [0.1, 0.15) is 6.10 Å². The molecule has 0 bridgehead atoms. The van der Waals surface area contributed by atoms with Crippen molar-refractivity contribution in [1.29, 1.82) is 0 Å². The van der Waals surface area contributed by atoms with Gasteiger partial charge in [0.2, 0.25) is 0 Å². The molecule has 0 radical (unpaired) electrons. The molecular weight excluding hydrogens is 412 g/mol. The van der Waals surface area contributed by atoms with Crippen LogP contribution in [-0.4, -0.2) is 34.0 Å². The standard InChI is InChI=1S/C29H48O4/c1-18(7-12-26(31)27(3,4)32)23-10-11-24-22-9-8-20-17-21(33-19(2)30)13-15-28(20,5)25(22)14-16-29(23,24)6/h8,18,21-26,31-32H,7,9-17H2,1-6H3/t18-,21-,22+,23-,24+,25+,26?,28+,29-/m1/s1. The first-order valence-corrected chi connectivity index (χ1v) is 13.6. The van der Waals surface area contributed by atoms with E-state index in [1.165, 1.54) is 39.0 Å². The number of aliphatic hydroxyl groups excluding tert-OH is 1. The third-order valence-electron chi connectivity index (χ3n) is 10.9. The maximum atomic E-state index is 11.5. The SMILES string of the molecule is CC(=O)O[C@@H]1CC[C@@]2(C)C(=CC[C@H]3[C@@H]4CC[C@H]([C@H](C)CCC(O)C(C)(C)O)[C@@]4(C)CC[C@@H]32)C1. The van der Waals surface area contributed by atoms with E-state index >= 15 is 0 Å². The van der Waals surface area contributed by atoms with E-state index in [2.05, 4.69) is 26.8 Å². The molecule has 4 heteroatoms. The third kappa shape index (κ3) is 4.56. The predicted molar refractivity (Wildman–Crippen MR) is 131 cm³/mol. The van der Waals surface area contributed by atoms with Crippen molar-refractivity contribution in [3.8, 4) is 0 Å². The molecule has 1 unspecified atom stereocenters. The smallest absolute Gasteiger partial charge is 0.302 e. The Morgan fingerprint density at radius 3 is 2.55 bits per heavy atom. The first-order chi connectivity index (χ1) is 15.4. The lowest BCUT2D eigenvalue weighted by Gasteiger charge is -2.58. The molecule has 9 atom stereocenters. The van der Waals surface area contributed by atoms with Crippen LogP contribution in [0.1, 0.15) is 106 Å². The summed E-state index contributed by atoms with van der Waals surface area (Å²) < 4.78 is 5.59. The third-order valence-corrected chi connectivity index (χ3v) is 10.9. The van der Waals surface area contributed by atoms with Crippen molar-refractivity contribution < 1.29 is 19.7 Å². The molecule has 188 valence electrons. The maximum absolute atomic E-state index is 11.5. The first kappa shape index (κ1) is 25.2. The highest BCUT2D eigenvalue weighted by molar-refractivity contribution is 5.66. The number of esters is 1. The van der Waals surface area contributed by atoms with E-state index < -0.39 is 11.7 Å². The number of hydrogen-bond acceptors (Lipinski definition) is 4. The molecule has 0 aromatic carbocycles. The van der Waals surface area contributed by atoms with Crippen molar-refractivity contribution in [3.05, 3.63) is 11.6 Å². The number of carbonyl (C=O) groups is 1. The van der Waals surface area contributed by atoms with Crippen LogP contribution in [0.15, 0.2) is 11.6 Å². The van der Waals surface area contributed by atoms with Crippen LogP contribution in [0.25, 0.3) is 0 Å². The molecule has 33 heavy (non-hydrogen) atoms. The van der Waals surface area contributed by atoms with Crippen LogP contribution >= 0.6 is 0 Å². The van der Waals surface area contributed by atoms with E-state index in [-0.39, 0.29) is 17.5 Å². The molecule has 0 saturated heterocycles. The summed E-state index contributed by atoms with van der Waals surface area (Å²) >= 11 is 0. The van der Waals surface area contributed by atoms with E-state index in [9.17, 15) is 15.0 Å². The lowest BCUT2D eigenvalue weighted by Crippen LogP contribution is -2.51. The Kier molecular flexibility index (Phi) is 6.86. The van der Waals surface area contributed by atoms with Crippen molar-refractivity contribution >= 4 is 5.97 Å². The highest BCUT2D eigenvalue weighted by Gasteiger charge is 2.59. The van der Waals surface area contributed by atoms with E-state index in [0.29, 0.717) is 17.8 Å². The summed E-state index contributed by atoms with van der Waals surface area (Å²) in [6.07, 6.45) is 13.2. The second-order valence-electron chi connectivity index (χ2n) is 13.2. The lowest BCUT2D eigenvalue weighted by molar-refractivity contribution is -0.148. The zero-order valence-corrected chi connectivity index (χ0v) is 21.9. The van der Waals surface area contributed by atoms with Gasteiger partial charge in [-0.05, 0) is 112 Å². The summed E-state index contributed by atoms with van der Waals surface area (Å²) in [6, 6.07) is 0. The minimum atomic E-state index is -1.02. The number of fused-ring (bicyclic) bond motifs is 5. The Morgan fingerprint density at radius 2 is 1.88 bits per heavy atom. The average Bonchev–Trinajstić information content (AvgIpc) is 3.08. The highest BCUT2D eigenvalue weighted by Crippen LogP contribution is 2.67. The highest BCUT2D eigenvalue weighted by atomic mass is 16.5. The first-order valence-electron chi connectivity index (χ1n) is 13.6. The van der Waals surface area contributed by atoms with Crippen LogP contribution in [0.4, 0.5) is 0 Å². The number of rotatable bonds is 6. The van der Waals surface area contributed by atoms with Gasteiger partial charge in [0.15, 0.2) is 0 Å². The Morgan fingerprint density at radius 1 is 1.15 bits per heavy atom. The van der Waals surface area contributed by atoms with Gasteiger partial charge in [-0.2, -0.15) is 0 Å². The van der Waals surface area contributed by atoms with E-state index in [4.69, 9.17) is 4.74 Å². The summed E-state index contributed by atoms with van der Waals surface area (Å²) in [5, 5.41) is 20.5. The molecular formula is C29H48O4. The quantitative estimate of drug-likeness (QED) is 0.374. The van der Waals surface area contributed by atoms with Crippen LogP contribution < -0.4 is 0 Å². The van der Waals surface area contributed by atoms with Crippen LogP contribution in [0.3, 0.4) is 0 Å². The monoisotopic (exact) mass is 460 g/mol. The van der Waals surface area contributed by atoms with E-state index in [1.54, 1.807) is 19.4 Å². The Hall–Kier alpha value is -0.870. The summed E-state index contributed by atoms with van der Waals surface area (Å²) in [6.45, 7) is 12.4. The van der Waals surface area contributed by atoms with Gasteiger partial charge in [-0.3, -0.25) is 4.79 Å². The summed E-state index contributed by atoms with van der Waals surface area (Å²) in [5.41, 5.74) is 1.22. The second kappa shape index (κ2) is 8.97. The van der Waals surface area contributed by atoms with Gasteiger partial charge in [0.25, 0.3) is 0 Å². The molecule has 4 rings (SSSR count). The van der Waals surface area contributed by atoms with E-state index in [1.807, 2.05) is 0 Å². The molecule has 4 aliphatic rings. The van der Waals surface area contributed by atoms with Crippen LogP contribution in [0, 0.1) is 40.4 Å². The van der Waals surface area contributed by atoms with Gasteiger partial charge >= 0.3 is 5.97 Å².